The third-order valence-electron chi connectivity index (χ3n) is 1.23. The monoisotopic (exact) mass is 155 g/mol. The van der Waals surface area contributed by atoms with Crippen molar-refractivity contribution in [2.75, 3.05) is 0 Å². The molecule has 11 heavy (non-hydrogen) atoms. The van der Waals surface area contributed by atoms with Crippen molar-refractivity contribution in [3.05, 3.63) is 41.6 Å². The van der Waals surface area contributed by atoms with E-state index in [4.69, 9.17) is 5.73 Å². The van der Waals surface area contributed by atoms with Crippen LogP contribution in [0.5, 0.6) is 0 Å². The molecule has 2 N–H and O–H groups in total. The van der Waals surface area contributed by atoms with Crippen molar-refractivity contribution in [2.24, 2.45) is 5.73 Å². The highest BCUT2D eigenvalue weighted by Gasteiger charge is 1.98. The standard InChI is InChI=1S/C8H7F2N/c9-7-2-1-6(3-4-11)5-8(7)10/h1-5H,11H2. The predicted octanol–water partition coefficient (Wildman–Crippen LogP) is 1.89. The van der Waals surface area contributed by atoms with Crippen molar-refractivity contribution < 1.29 is 8.78 Å². The van der Waals surface area contributed by atoms with Gasteiger partial charge in [-0.05, 0) is 30.0 Å². The van der Waals surface area contributed by atoms with E-state index in [9.17, 15) is 8.78 Å². The van der Waals surface area contributed by atoms with E-state index in [1.54, 1.807) is 0 Å². The van der Waals surface area contributed by atoms with Crippen LogP contribution in [-0.2, 0) is 0 Å². The maximum Gasteiger partial charge on any atom is 0.159 e. The van der Waals surface area contributed by atoms with Crippen molar-refractivity contribution in [3.8, 4) is 0 Å². The van der Waals surface area contributed by atoms with Gasteiger partial charge < -0.3 is 5.73 Å². The highest BCUT2D eigenvalue weighted by molar-refractivity contribution is 5.48. The fourth-order valence-corrected chi connectivity index (χ4v) is 0.727. The van der Waals surface area contributed by atoms with Gasteiger partial charge in [0.25, 0.3) is 0 Å². The molecule has 1 rings (SSSR count). The summed E-state index contributed by atoms with van der Waals surface area (Å²) in [4.78, 5) is 0. The molecule has 3 heteroatoms. The van der Waals surface area contributed by atoms with Crippen LogP contribution >= 0.6 is 0 Å². The maximum absolute atomic E-state index is 12.5. The van der Waals surface area contributed by atoms with E-state index >= 15 is 0 Å². The van der Waals surface area contributed by atoms with Gasteiger partial charge in [0.2, 0.25) is 0 Å². The fourth-order valence-electron chi connectivity index (χ4n) is 0.727. The minimum Gasteiger partial charge on any atom is -0.405 e. The molecule has 0 aliphatic heterocycles. The Kier molecular flexibility index (Phi) is 2.21. The average Bonchev–Trinajstić information content (AvgIpc) is 1.98. The quantitative estimate of drug-likeness (QED) is 0.658. The molecule has 0 aliphatic rings. The number of rotatable bonds is 1. The van der Waals surface area contributed by atoms with Gasteiger partial charge in [-0.15, -0.1) is 0 Å². The third-order valence-corrected chi connectivity index (χ3v) is 1.23. The largest absolute Gasteiger partial charge is 0.405 e. The van der Waals surface area contributed by atoms with E-state index in [1.165, 1.54) is 18.3 Å². The molecule has 0 saturated carbocycles. The fraction of sp³-hybridized carbons (Fsp3) is 0. The van der Waals surface area contributed by atoms with Crippen molar-refractivity contribution in [1.82, 2.24) is 0 Å². The number of benzene rings is 1. The highest BCUT2D eigenvalue weighted by Crippen LogP contribution is 2.09. The number of nitrogens with two attached hydrogens (primary N) is 1. The van der Waals surface area contributed by atoms with Crippen LogP contribution in [0, 0.1) is 11.6 Å². The van der Waals surface area contributed by atoms with Crippen LogP contribution in [0.15, 0.2) is 24.4 Å². The first-order valence-corrected chi connectivity index (χ1v) is 3.07. The van der Waals surface area contributed by atoms with Gasteiger partial charge in [-0.3, -0.25) is 0 Å². The van der Waals surface area contributed by atoms with Gasteiger partial charge in [0, 0.05) is 0 Å². The zero-order valence-corrected chi connectivity index (χ0v) is 5.72. The van der Waals surface area contributed by atoms with E-state index in [-0.39, 0.29) is 0 Å². The molecule has 0 bridgehead atoms. The molecular weight excluding hydrogens is 148 g/mol. The zero-order chi connectivity index (χ0) is 8.27. The molecule has 0 radical (unpaired) electrons. The van der Waals surface area contributed by atoms with Crippen molar-refractivity contribution in [2.45, 2.75) is 0 Å². The van der Waals surface area contributed by atoms with Gasteiger partial charge in [-0.2, -0.15) is 0 Å². The molecule has 0 amide bonds. The van der Waals surface area contributed by atoms with Crippen LogP contribution in [0.3, 0.4) is 0 Å². The van der Waals surface area contributed by atoms with Gasteiger partial charge in [0.05, 0.1) is 0 Å². The van der Waals surface area contributed by atoms with Gasteiger partial charge in [0.15, 0.2) is 11.6 Å². The molecule has 0 heterocycles. The molecule has 0 aromatic heterocycles. The number of hydrogen-bond donors (Lipinski definition) is 1. The maximum atomic E-state index is 12.5. The van der Waals surface area contributed by atoms with E-state index in [0.717, 1.165) is 12.1 Å². The Morgan fingerprint density at radius 1 is 1.18 bits per heavy atom. The van der Waals surface area contributed by atoms with E-state index in [1.807, 2.05) is 0 Å². The molecule has 1 aromatic carbocycles. The topological polar surface area (TPSA) is 26.0 Å². The first-order chi connectivity index (χ1) is 5.24. The van der Waals surface area contributed by atoms with Crippen LogP contribution in [-0.4, -0.2) is 0 Å². The zero-order valence-electron chi connectivity index (χ0n) is 5.72. The summed E-state index contributed by atoms with van der Waals surface area (Å²) in [5.41, 5.74) is 5.60. The summed E-state index contributed by atoms with van der Waals surface area (Å²) < 4.78 is 24.8. The van der Waals surface area contributed by atoms with Crippen molar-refractivity contribution in [3.63, 3.8) is 0 Å². The first kappa shape index (κ1) is 7.72. The minimum atomic E-state index is -0.861. The highest BCUT2D eigenvalue weighted by atomic mass is 19.2. The molecular formula is C8H7F2N. The predicted molar refractivity (Wildman–Crippen MR) is 39.6 cm³/mol. The van der Waals surface area contributed by atoms with Gasteiger partial charge in [-0.25, -0.2) is 8.78 Å². The Balaban J connectivity index is 3.05. The Morgan fingerprint density at radius 3 is 2.45 bits per heavy atom. The lowest BCUT2D eigenvalue weighted by Crippen LogP contribution is -1.84. The minimum absolute atomic E-state index is 0.548. The van der Waals surface area contributed by atoms with Crippen LogP contribution in [0.1, 0.15) is 5.56 Å². The lowest BCUT2D eigenvalue weighted by Gasteiger charge is -1.93. The van der Waals surface area contributed by atoms with E-state index < -0.39 is 11.6 Å². The normalized spacial score (nSPS) is 10.7. The van der Waals surface area contributed by atoms with Crippen molar-refractivity contribution >= 4 is 6.08 Å². The molecule has 1 aromatic rings. The van der Waals surface area contributed by atoms with E-state index in [0.29, 0.717) is 5.56 Å². The molecule has 0 fully saturated rings. The second kappa shape index (κ2) is 3.14. The van der Waals surface area contributed by atoms with Gasteiger partial charge in [-0.1, -0.05) is 6.07 Å². The van der Waals surface area contributed by atoms with Crippen molar-refractivity contribution in [1.29, 1.82) is 0 Å². The Morgan fingerprint density at radius 2 is 1.91 bits per heavy atom. The smallest absolute Gasteiger partial charge is 0.159 e. The molecule has 0 atom stereocenters. The number of hydrogen-bond acceptors (Lipinski definition) is 1. The Labute approximate surface area is 63.1 Å². The molecule has 0 unspecified atom stereocenters. The average molecular weight is 155 g/mol. The van der Waals surface area contributed by atoms with Gasteiger partial charge >= 0.3 is 0 Å². The van der Waals surface area contributed by atoms with E-state index in [2.05, 4.69) is 0 Å². The molecule has 0 aliphatic carbocycles. The van der Waals surface area contributed by atoms with Crippen LogP contribution in [0.2, 0.25) is 0 Å². The summed E-state index contributed by atoms with van der Waals surface area (Å²) in [5.74, 6) is -1.71. The third kappa shape index (κ3) is 1.77. The molecule has 58 valence electrons. The molecule has 1 nitrogen and oxygen atoms in total. The Hall–Kier alpha value is -1.38. The summed E-state index contributed by atoms with van der Waals surface area (Å²) in [6.07, 6.45) is 2.76. The summed E-state index contributed by atoms with van der Waals surface area (Å²) in [6.45, 7) is 0. The molecule has 0 spiro atoms. The molecule has 0 saturated heterocycles. The number of halogens is 2. The second-order valence-electron chi connectivity index (χ2n) is 2.03. The second-order valence-corrected chi connectivity index (χ2v) is 2.03. The van der Waals surface area contributed by atoms with Crippen LogP contribution < -0.4 is 5.73 Å². The Bertz CT molecular complexity index is 281. The van der Waals surface area contributed by atoms with Gasteiger partial charge in [0.1, 0.15) is 0 Å². The van der Waals surface area contributed by atoms with Crippen LogP contribution in [0.25, 0.3) is 6.08 Å². The lowest BCUT2D eigenvalue weighted by atomic mass is 10.2. The summed E-state index contributed by atoms with van der Waals surface area (Å²) in [7, 11) is 0. The summed E-state index contributed by atoms with van der Waals surface area (Å²) in [6, 6.07) is 3.59. The SMILES string of the molecule is NC=Cc1ccc(F)c(F)c1. The lowest BCUT2D eigenvalue weighted by molar-refractivity contribution is 0.508. The van der Waals surface area contributed by atoms with Crippen LogP contribution in [0.4, 0.5) is 8.78 Å². The summed E-state index contributed by atoms with van der Waals surface area (Å²) in [5, 5.41) is 0. The first-order valence-electron chi connectivity index (χ1n) is 3.07. The summed E-state index contributed by atoms with van der Waals surface area (Å²) >= 11 is 0.